The van der Waals surface area contributed by atoms with Gasteiger partial charge in [0, 0.05) is 6.20 Å². The van der Waals surface area contributed by atoms with Gasteiger partial charge in [0.05, 0.1) is 11.6 Å². The number of aromatic nitrogens is 1. The zero-order chi connectivity index (χ0) is 23.5. The molecule has 0 bridgehead atoms. The first-order valence-electron chi connectivity index (χ1n) is 10.5. The zero-order valence-electron chi connectivity index (χ0n) is 17.9. The first-order valence-corrected chi connectivity index (χ1v) is 10.5. The Morgan fingerprint density at radius 3 is 2.53 bits per heavy atom. The Morgan fingerprint density at radius 2 is 1.88 bits per heavy atom. The number of carbonyl (C=O) groups is 2. The van der Waals surface area contributed by atoms with Crippen molar-refractivity contribution >= 4 is 17.5 Å². The van der Waals surface area contributed by atoms with Crippen molar-refractivity contribution in [3.05, 3.63) is 63.6 Å². The van der Waals surface area contributed by atoms with Gasteiger partial charge in [0.15, 0.2) is 0 Å². The van der Waals surface area contributed by atoms with Crippen molar-refractivity contribution < 1.29 is 22.8 Å². The monoisotopic (exact) mass is 449 g/mol. The summed E-state index contributed by atoms with van der Waals surface area (Å²) in [6, 6.07) is 7.64. The summed E-state index contributed by atoms with van der Waals surface area (Å²) in [6.07, 6.45) is -0.317. The van der Waals surface area contributed by atoms with Crippen molar-refractivity contribution in [1.82, 2.24) is 10.3 Å². The molecule has 1 aromatic carbocycles. The molecule has 1 saturated carbocycles. The largest absolute Gasteiger partial charge is 0.417 e. The standard InChI is InChI=1S/C23H26F3N3O3/c1-13-6-5-8-15(10-13)19(17-9-4-3-7-14(17)2)29-22(32)21(31)28-18-11-16(23(24,25)26)12-27-20(18)30/h3-4,7,9,11-13,15,19H,5-6,8,10H2,1-2H3,(H,27,30)(H,28,31)(H,29,32)/t13-,15+,19-/m1/s1. The normalized spacial score (nSPS) is 19.8. The van der Waals surface area contributed by atoms with E-state index in [1.54, 1.807) is 0 Å². The van der Waals surface area contributed by atoms with Crippen molar-refractivity contribution in [2.24, 2.45) is 11.8 Å². The van der Waals surface area contributed by atoms with Crippen LogP contribution in [0, 0.1) is 18.8 Å². The van der Waals surface area contributed by atoms with Gasteiger partial charge in [-0.1, -0.05) is 44.0 Å². The van der Waals surface area contributed by atoms with E-state index in [2.05, 4.69) is 12.2 Å². The second kappa shape index (κ2) is 9.58. The number of alkyl halides is 3. The van der Waals surface area contributed by atoms with Gasteiger partial charge in [-0.25, -0.2) is 0 Å². The molecule has 3 atom stereocenters. The number of benzene rings is 1. The van der Waals surface area contributed by atoms with Crippen molar-refractivity contribution in [3.8, 4) is 0 Å². The molecule has 0 radical (unpaired) electrons. The van der Waals surface area contributed by atoms with E-state index >= 15 is 0 Å². The van der Waals surface area contributed by atoms with E-state index in [9.17, 15) is 27.6 Å². The van der Waals surface area contributed by atoms with Crippen LogP contribution in [0.4, 0.5) is 18.9 Å². The molecule has 32 heavy (non-hydrogen) atoms. The lowest BCUT2D eigenvalue weighted by molar-refractivity contribution is -0.138. The van der Waals surface area contributed by atoms with E-state index < -0.39 is 40.8 Å². The maximum Gasteiger partial charge on any atom is 0.417 e. The van der Waals surface area contributed by atoms with Gasteiger partial charge in [-0.05, 0) is 48.8 Å². The number of hydrogen-bond donors (Lipinski definition) is 3. The molecule has 0 spiro atoms. The number of aromatic amines is 1. The molecule has 3 rings (SSSR count). The molecule has 9 heteroatoms. The molecule has 2 amide bonds. The third kappa shape index (κ3) is 5.57. The van der Waals surface area contributed by atoms with Crippen LogP contribution >= 0.6 is 0 Å². The van der Waals surface area contributed by atoms with Crippen LogP contribution in [-0.4, -0.2) is 16.8 Å². The summed E-state index contributed by atoms with van der Waals surface area (Å²) in [5.41, 5.74) is -0.855. The van der Waals surface area contributed by atoms with Crippen LogP contribution in [0.25, 0.3) is 0 Å². The molecule has 1 aliphatic rings. The Hall–Kier alpha value is -3.10. The number of aryl methyl sites for hydroxylation is 1. The van der Waals surface area contributed by atoms with Gasteiger partial charge in [0.2, 0.25) is 0 Å². The summed E-state index contributed by atoms with van der Waals surface area (Å²) in [5, 5.41) is 4.77. The second-order valence-electron chi connectivity index (χ2n) is 8.42. The van der Waals surface area contributed by atoms with Crippen LogP contribution in [0.1, 0.15) is 55.3 Å². The fourth-order valence-corrected chi connectivity index (χ4v) is 4.30. The summed E-state index contributed by atoms with van der Waals surface area (Å²) >= 11 is 0. The molecule has 0 saturated heterocycles. The SMILES string of the molecule is Cc1ccccc1[C@H](NC(=O)C(=O)Nc1cc(C(F)(F)F)c[nH]c1=O)[C@H]1CCC[C@@H](C)C1. The predicted octanol–water partition coefficient (Wildman–Crippen LogP) is 4.32. The van der Waals surface area contributed by atoms with Crippen LogP contribution in [0.2, 0.25) is 0 Å². The van der Waals surface area contributed by atoms with E-state index in [0.717, 1.165) is 36.8 Å². The van der Waals surface area contributed by atoms with Gasteiger partial charge >= 0.3 is 18.0 Å². The molecule has 1 heterocycles. The molecule has 2 aromatic rings. The first-order chi connectivity index (χ1) is 15.1. The van der Waals surface area contributed by atoms with E-state index in [0.29, 0.717) is 18.2 Å². The number of rotatable bonds is 4. The molecule has 6 nitrogen and oxygen atoms in total. The summed E-state index contributed by atoms with van der Waals surface area (Å²) in [6.45, 7) is 4.07. The minimum absolute atomic E-state index is 0.119. The minimum atomic E-state index is -4.71. The summed E-state index contributed by atoms with van der Waals surface area (Å²) in [5.74, 6) is -1.60. The fourth-order valence-electron chi connectivity index (χ4n) is 4.30. The lowest BCUT2D eigenvalue weighted by Gasteiger charge is -2.34. The number of amides is 2. The highest BCUT2D eigenvalue weighted by Crippen LogP contribution is 2.38. The zero-order valence-corrected chi connectivity index (χ0v) is 17.9. The fraction of sp³-hybridized carbons (Fsp3) is 0.435. The highest BCUT2D eigenvalue weighted by molar-refractivity contribution is 6.39. The Balaban J connectivity index is 1.81. The van der Waals surface area contributed by atoms with Gasteiger partial charge in [-0.3, -0.25) is 14.4 Å². The van der Waals surface area contributed by atoms with Crippen LogP contribution < -0.4 is 16.2 Å². The summed E-state index contributed by atoms with van der Waals surface area (Å²) < 4.78 is 38.7. The first kappa shape index (κ1) is 23.6. The Labute approximate surface area is 183 Å². The molecule has 3 N–H and O–H groups in total. The van der Waals surface area contributed by atoms with Crippen LogP contribution in [0.5, 0.6) is 0 Å². The topological polar surface area (TPSA) is 91.1 Å². The van der Waals surface area contributed by atoms with Gasteiger partial charge in [0.25, 0.3) is 5.56 Å². The van der Waals surface area contributed by atoms with Gasteiger partial charge in [-0.15, -0.1) is 0 Å². The Morgan fingerprint density at radius 1 is 1.16 bits per heavy atom. The van der Waals surface area contributed by atoms with Crippen molar-refractivity contribution in [2.75, 3.05) is 5.32 Å². The van der Waals surface area contributed by atoms with Gasteiger partial charge in [-0.2, -0.15) is 13.2 Å². The lowest BCUT2D eigenvalue weighted by Crippen LogP contribution is -2.42. The predicted molar refractivity (Wildman–Crippen MR) is 114 cm³/mol. The van der Waals surface area contributed by atoms with Gasteiger partial charge < -0.3 is 15.6 Å². The average Bonchev–Trinajstić information content (AvgIpc) is 2.73. The van der Waals surface area contributed by atoms with E-state index in [1.165, 1.54) is 0 Å². The number of carbonyl (C=O) groups excluding carboxylic acids is 2. The summed E-state index contributed by atoms with van der Waals surface area (Å²) in [7, 11) is 0. The van der Waals surface area contributed by atoms with Crippen molar-refractivity contribution in [1.29, 1.82) is 0 Å². The molecular formula is C23H26F3N3O3. The Bertz CT molecular complexity index is 1050. The number of H-pyrrole nitrogens is 1. The number of nitrogens with one attached hydrogen (secondary N) is 3. The molecule has 0 unspecified atom stereocenters. The number of halogens is 3. The quantitative estimate of drug-likeness (QED) is 0.607. The highest BCUT2D eigenvalue weighted by Gasteiger charge is 2.33. The highest BCUT2D eigenvalue weighted by atomic mass is 19.4. The summed E-state index contributed by atoms with van der Waals surface area (Å²) in [4.78, 5) is 39.0. The molecule has 0 aliphatic heterocycles. The molecule has 1 fully saturated rings. The maximum atomic E-state index is 12.9. The van der Waals surface area contributed by atoms with E-state index in [4.69, 9.17) is 0 Å². The smallest absolute Gasteiger partial charge is 0.341 e. The molecular weight excluding hydrogens is 423 g/mol. The number of pyridine rings is 1. The average molecular weight is 449 g/mol. The molecule has 172 valence electrons. The third-order valence-electron chi connectivity index (χ3n) is 5.94. The second-order valence-corrected chi connectivity index (χ2v) is 8.42. The minimum Gasteiger partial charge on any atom is -0.341 e. The van der Waals surface area contributed by atoms with Crippen LogP contribution in [0.15, 0.2) is 41.3 Å². The number of hydrogen-bond acceptors (Lipinski definition) is 3. The lowest BCUT2D eigenvalue weighted by atomic mass is 9.76. The molecule has 1 aromatic heterocycles. The number of anilines is 1. The third-order valence-corrected chi connectivity index (χ3v) is 5.94. The van der Waals surface area contributed by atoms with Crippen molar-refractivity contribution in [3.63, 3.8) is 0 Å². The van der Waals surface area contributed by atoms with Crippen LogP contribution in [0.3, 0.4) is 0 Å². The van der Waals surface area contributed by atoms with Gasteiger partial charge in [0.1, 0.15) is 5.69 Å². The molecule has 1 aliphatic carbocycles. The van der Waals surface area contributed by atoms with Crippen molar-refractivity contribution in [2.45, 2.75) is 51.7 Å². The van der Waals surface area contributed by atoms with Crippen LogP contribution in [-0.2, 0) is 15.8 Å². The Kier molecular flexibility index (Phi) is 7.06. The van der Waals surface area contributed by atoms with E-state index in [-0.39, 0.29) is 5.92 Å². The maximum absolute atomic E-state index is 12.9. The van der Waals surface area contributed by atoms with E-state index in [1.807, 2.05) is 41.5 Å².